The van der Waals surface area contributed by atoms with Gasteiger partial charge < -0.3 is 28.8 Å². The number of sulfonamides is 3. The summed E-state index contributed by atoms with van der Waals surface area (Å²) in [6.45, 7) is 7.75. The van der Waals surface area contributed by atoms with Crippen LogP contribution in [0.15, 0.2) is 130 Å². The number of halogens is 9. The fourth-order valence-corrected chi connectivity index (χ4v) is 17.4. The number of carboxylic acid groups (broad SMARTS) is 1. The highest BCUT2D eigenvalue weighted by molar-refractivity contribution is 7.89. The number of hydrogen-bond donors (Lipinski definition) is 1. The van der Waals surface area contributed by atoms with Crippen LogP contribution in [0, 0.1) is 0 Å². The number of esters is 2. The molecule has 0 amide bonds. The molecule has 18 nitrogen and oxygen atoms in total. The van der Waals surface area contributed by atoms with E-state index in [-0.39, 0.29) is 58.3 Å². The number of rotatable bonds is 21. The molecular weight excluding hydrogens is 1470 g/mol. The lowest BCUT2D eigenvalue weighted by Crippen LogP contribution is -2.34. The predicted molar refractivity (Wildman–Crippen MR) is 388 cm³/mol. The summed E-state index contributed by atoms with van der Waals surface area (Å²) in [6.07, 6.45) is -5.99. The Labute approximate surface area is 622 Å². The molecule has 5 aliphatic carbocycles. The van der Waals surface area contributed by atoms with Gasteiger partial charge in [0, 0.05) is 21.1 Å². The van der Waals surface area contributed by atoms with Gasteiger partial charge in [-0.15, -0.1) is 0 Å². The monoisotopic (exact) mass is 1570 g/mol. The van der Waals surface area contributed by atoms with Gasteiger partial charge in [-0.1, -0.05) is 92.1 Å². The zero-order valence-corrected chi connectivity index (χ0v) is 60.2. The molecule has 6 aromatic rings. The Hall–Kier alpha value is -8.03. The number of ether oxygens (including phenoxy) is 5. The van der Waals surface area contributed by atoms with Gasteiger partial charge in [0.1, 0.15) is 17.2 Å². The molecule has 3 atom stereocenters. The maximum absolute atomic E-state index is 13.6. The molecule has 0 aromatic heterocycles. The van der Waals surface area contributed by atoms with E-state index in [1.807, 2.05) is 13.8 Å². The lowest BCUT2D eigenvalue weighted by Gasteiger charge is -2.33. The van der Waals surface area contributed by atoms with Gasteiger partial charge in [-0.2, -0.15) is 52.4 Å². The van der Waals surface area contributed by atoms with Crippen LogP contribution in [0.25, 0.3) is 5.57 Å². The molecule has 2 fully saturated rings. The number of allylic oxidation sites excluding steroid dienone is 1. The summed E-state index contributed by atoms with van der Waals surface area (Å²) in [5, 5.41) is 8.92. The summed E-state index contributed by atoms with van der Waals surface area (Å²) in [4.78, 5) is 32.7. The zero-order chi connectivity index (χ0) is 75.7. The molecule has 0 bridgehead atoms. The van der Waals surface area contributed by atoms with Crippen LogP contribution in [-0.4, -0.2) is 116 Å². The average Bonchev–Trinajstić information content (AvgIpc) is 1.69. The summed E-state index contributed by atoms with van der Waals surface area (Å²) < 4.78 is 233. The molecule has 1 N–H and O–H groups in total. The molecule has 0 radical (unpaired) electrons. The molecule has 0 aliphatic heterocycles. The number of alkyl halides is 9. The third-order valence-electron chi connectivity index (χ3n) is 19.7. The molecule has 0 spiro atoms. The van der Waals surface area contributed by atoms with Crippen molar-refractivity contribution in [3.63, 3.8) is 0 Å². The Bertz CT molecular complexity index is 4530. The first kappa shape index (κ1) is 89.6. The number of nitrogens with zero attached hydrogens (tertiary/aromatic N) is 3. The van der Waals surface area contributed by atoms with Gasteiger partial charge in [0.2, 0.25) is 30.1 Å². The molecule has 107 heavy (non-hydrogen) atoms. The van der Waals surface area contributed by atoms with Crippen molar-refractivity contribution in [1.82, 2.24) is 12.9 Å². The number of methoxy groups -OCH3 is 2. The van der Waals surface area contributed by atoms with Gasteiger partial charge in [-0.3, -0.25) is 0 Å². The molecule has 0 saturated heterocycles. The van der Waals surface area contributed by atoms with Crippen LogP contribution in [0.3, 0.4) is 0 Å². The number of carbonyl (C=O) groups excluding carboxylic acids is 2. The van der Waals surface area contributed by atoms with Crippen molar-refractivity contribution in [2.75, 3.05) is 55.2 Å². The lowest BCUT2D eigenvalue weighted by atomic mass is 9.87. The second-order valence-electron chi connectivity index (χ2n) is 26.8. The lowest BCUT2D eigenvalue weighted by molar-refractivity contribution is -0.143. The molecular formula is C77H96F9N3O15S3. The smallest absolute Gasteiger partial charge is 0.416 e. The van der Waals surface area contributed by atoms with Gasteiger partial charge >= 0.3 is 36.4 Å². The number of fused-ring (bicyclic) bond motifs is 3. The minimum absolute atomic E-state index is 0. The van der Waals surface area contributed by atoms with E-state index in [4.69, 9.17) is 19.3 Å². The third kappa shape index (κ3) is 20.3. The van der Waals surface area contributed by atoms with Gasteiger partial charge in [0.15, 0.2) is 19.8 Å². The van der Waals surface area contributed by atoms with E-state index in [0.29, 0.717) is 146 Å². The largest absolute Gasteiger partial charge is 0.482 e. The number of aliphatic carboxylic acids is 1. The minimum Gasteiger partial charge on any atom is -0.482 e. The van der Waals surface area contributed by atoms with Gasteiger partial charge in [0.05, 0.1) is 63.7 Å². The number of benzene rings is 6. The van der Waals surface area contributed by atoms with Crippen LogP contribution < -0.4 is 14.2 Å². The van der Waals surface area contributed by atoms with Crippen LogP contribution in [0.1, 0.15) is 200 Å². The highest BCUT2D eigenvalue weighted by Gasteiger charge is 2.46. The maximum atomic E-state index is 13.6. The van der Waals surface area contributed by atoms with Crippen LogP contribution in [-0.2, 0) is 103 Å². The van der Waals surface area contributed by atoms with Crippen LogP contribution in [0.4, 0.5) is 39.5 Å². The second-order valence-corrected chi connectivity index (χ2v) is 32.8. The van der Waals surface area contributed by atoms with E-state index in [0.717, 1.165) is 53.9 Å². The maximum Gasteiger partial charge on any atom is 0.416 e. The fourth-order valence-electron chi connectivity index (χ4n) is 13.1. The first-order valence-corrected chi connectivity index (χ1v) is 37.2. The normalized spacial score (nSPS) is 17.6. The Balaban J connectivity index is 0.000000283. The summed E-state index contributed by atoms with van der Waals surface area (Å²) in [5.74, 6) is -0.942. The number of hydrogen-bond acceptors (Lipinski definition) is 14. The van der Waals surface area contributed by atoms with E-state index in [1.54, 1.807) is 54.6 Å². The SMILES string of the molecule is C.C.C.C.C=C(C)c1cc(C(F)(F)F)cc(S(=O)(=O)N(C)[C@@H]2CCCc3c(OCC(=O)OC)cccc32)c1.CN([C@@H]1CCCc2c(OCC(=O)O)cccc21)S(=O)(=O)c1cc(C(F)(F)F)cc(C2(C)CC2)c1.COC(=O)COc1cccc2c1CCC[C@H]2N(C)S(=O)(=O)c1cc(C(F)(F)F)cc(C2(C)CC2)c1. The van der Waals surface area contributed by atoms with Crippen molar-refractivity contribution in [2.24, 2.45) is 0 Å². The first-order chi connectivity index (χ1) is 48.0. The van der Waals surface area contributed by atoms with Crippen LogP contribution in [0.2, 0.25) is 0 Å². The average molecular weight is 1570 g/mol. The van der Waals surface area contributed by atoms with E-state index in [9.17, 15) is 79.2 Å². The van der Waals surface area contributed by atoms with Crippen LogP contribution >= 0.6 is 0 Å². The number of carboxylic acids is 1. The van der Waals surface area contributed by atoms with Crippen molar-refractivity contribution in [3.05, 3.63) is 183 Å². The third-order valence-corrected chi connectivity index (χ3v) is 25.3. The quantitative estimate of drug-likeness (QED) is 0.0522. The highest BCUT2D eigenvalue weighted by Crippen LogP contribution is 2.52. The second kappa shape index (κ2) is 34.7. The summed E-state index contributed by atoms with van der Waals surface area (Å²) in [7, 11) is -6.16. The molecule has 5 aliphatic rings. The molecule has 2 saturated carbocycles. The molecule has 30 heteroatoms. The van der Waals surface area contributed by atoms with Crippen molar-refractivity contribution in [2.45, 2.75) is 196 Å². The Kier molecular flexibility index (Phi) is 29.0. The fraction of sp³-hybridized carbons (Fsp3) is 0.468. The Morgan fingerprint density at radius 1 is 0.477 bits per heavy atom. The van der Waals surface area contributed by atoms with Gasteiger partial charge in [-0.05, 0) is 224 Å². The predicted octanol–water partition coefficient (Wildman–Crippen LogP) is 17.5. The Morgan fingerprint density at radius 3 is 1.04 bits per heavy atom. The zero-order valence-electron chi connectivity index (χ0n) is 57.8. The van der Waals surface area contributed by atoms with Gasteiger partial charge in [-0.25, -0.2) is 39.6 Å². The van der Waals surface area contributed by atoms with E-state index in [1.165, 1.54) is 60.5 Å². The Morgan fingerprint density at radius 2 is 0.766 bits per heavy atom. The van der Waals surface area contributed by atoms with Crippen molar-refractivity contribution in [1.29, 1.82) is 0 Å². The van der Waals surface area contributed by atoms with E-state index >= 15 is 0 Å². The number of carbonyl (C=O) groups is 3. The summed E-state index contributed by atoms with van der Waals surface area (Å²) in [5.41, 5.74) is 1.65. The van der Waals surface area contributed by atoms with E-state index in [2.05, 4.69) is 16.1 Å². The van der Waals surface area contributed by atoms with Crippen molar-refractivity contribution < 1.29 is 108 Å². The minimum atomic E-state index is -4.71. The molecule has 6 aromatic carbocycles. The summed E-state index contributed by atoms with van der Waals surface area (Å²) in [6, 6.07) is 22.6. The molecule has 0 unspecified atom stereocenters. The van der Waals surface area contributed by atoms with Crippen molar-refractivity contribution in [3.8, 4) is 17.2 Å². The highest BCUT2D eigenvalue weighted by atomic mass is 32.2. The van der Waals surface area contributed by atoms with Crippen LogP contribution in [0.5, 0.6) is 17.2 Å². The summed E-state index contributed by atoms with van der Waals surface area (Å²) >= 11 is 0. The molecule has 0 heterocycles. The topological polar surface area (TPSA) is 230 Å². The first-order valence-electron chi connectivity index (χ1n) is 32.9. The van der Waals surface area contributed by atoms with Crippen molar-refractivity contribution >= 4 is 53.6 Å². The molecule has 11 rings (SSSR count). The van der Waals surface area contributed by atoms with E-state index < -0.39 is 124 Å². The van der Waals surface area contributed by atoms with Gasteiger partial charge in [0.25, 0.3) is 0 Å². The standard InChI is InChI=1S/C25H28F3NO5S.2C24H26F3NO5S.4CH4/c1-24(10-11-24)16-12-17(25(26,27)28)14-18(13-16)35(31,32)29(2)21-8-4-7-20-19(21)6-5-9-22(20)34-15-23(30)33-3;1-23(9-10-23)15-11-16(24(25,26)27)13-17(12-15)34(31,32)28(2)20-7-3-6-19-18(20)5-4-8-21(19)33-14-22(29)30;1-15(2)16-11-17(24(25,26)27)13-18(12-16)34(30,31)28(3)21-9-5-8-20-19(21)7-6-10-22(20)33-14-23(29)32-4;;;;/h5-6,9,12-14,21H,4,7-8,10-11,15H2,1-3H3;4-5,8,11-13,20H,3,6-7,9-10,14H2,1-2H3,(H,29,30);6-7,10-13,21H,1,5,8-9,14H2,2-4H3;4*1H4/t21-;20-;21-;;;;/m111..../s1. The molecule has 590 valence electrons.